The van der Waals surface area contributed by atoms with E-state index in [0.29, 0.717) is 10.8 Å². The summed E-state index contributed by atoms with van der Waals surface area (Å²) in [6.45, 7) is 4.56. The van der Waals surface area contributed by atoms with Crippen molar-refractivity contribution in [2.24, 2.45) is 22.7 Å². The molecular formula is C20H25NO. The first-order valence-corrected chi connectivity index (χ1v) is 8.83. The maximum absolute atomic E-state index is 12.8. The largest absolute Gasteiger partial charge is 0.346 e. The molecule has 0 aliphatic heterocycles. The van der Waals surface area contributed by atoms with Gasteiger partial charge >= 0.3 is 0 Å². The second-order valence-electron chi connectivity index (χ2n) is 9.13. The minimum absolute atomic E-state index is 0.124. The highest BCUT2D eigenvalue weighted by Crippen LogP contribution is 2.80. The van der Waals surface area contributed by atoms with Gasteiger partial charge in [-0.1, -0.05) is 24.6 Å². The molecule has 0 radical (unpaired) electrons. The van der Waals surface area contributed by atoms with Gasteiger partial charge < -0.3 is 5.32 Å². The number of rotatable bonds is 2. The smallest absolute Gasteiger partial charge is 0.251 e. The SMILES string of the molecule is Cc1ccc(C(=O)NC23CC4CC5(C)CC(C2)C3(C4)C5)cc1. The molecule has 22 heavy (non-hydrogen) atoms. The summed E-state index contributed by atoms with van der Waals surface area (Å²) in [6.07, 6.45) is 8.00. The number of benzene rings is 1. The molecule has 4 fully saturated rings. The molecule has 3 bridgehead atoms. The van der Waals surface area contributed by atoms with Gasteiger partial charge in [0.05, 0.1) is 0 Å². The molecular weight excluding hydrogens is 270 g/mol. The second kappa shape index (κ2) is 3.77. The van der Waals surface area contributed by atoms with Gasteiger partial charge in [0.15, 0.2) is 0 Å². The lowest BCUT2D eigenvalue weighted by molar-refractivity contribution is -0.0498. The fourth-order valence-corrected chi connectivity index (χ4v) is 7.11. The van der Waals surface area contributed by atoms with E-state index in [1.165, 1.54) is 44.1 Å². The average Bonchev–Trinajstić information content (AvgIpc) is 2.73. The Balaban J connectivity index is 1.45. The molecule has 1 amide bonds. The van der Waals surface area contributed by atoms with E-state index < -0.39 is 0 Å². The van der Waals surface area contributed by atoms with Crippen LogP contribution in [0.3, 0.4) is 0 Å². The minimum Gasteiger partial charge on any atom is -0.346 e. The van der Waals surface area contributed by atoms with E-state index in [1.54, 1.807) is 0 Å². The fraction of sp³-hybridized carbons (Fsp3) is 0.650. The van der Waals surface area contributed by atoms with Crippen LogP contribution in [-0.4, -0.2) is 11.4 Å². The number of hydrogen-bond donors (Lipinski definition) is 1. The maximum atomic E-state index is 12.8. The topological polar surface area (TPSA) is 29.1 Å². The second-order valence-corrected chi connectivity index (χ2v) is 9.13. The number of amides is 1. The lowest BCUT2D eigenvalue weighted by Gasteiger charge is -2.59. The van der Waals surface area contributed by atoms with Crippen molar-refractivity contribution in [2.45, 2.75) is 57.9 Å². The van der Waals surface area contributed by atoms with Gasteiger partial charge in [0.2, 0.25) is 0 Å². The third kappa shape index (κ3) is 1.44. The summed E-state index contributed by atoms with van der Waals surface area (Å²) in [5, 5.41) is 3.53. The number of nitrogens with one attached hydrogen (secondary N) is 1. The van der Waals surface area contributed by atoms with Gasteiger partial charge in [0.1, 0.15) is 0 Å². The summed E-state index contributed by atoms with van der Waals surface area (Å²) in [7, 11) is 0. The molecule has 4 aliphatic rings. The molecule has 1 N–H and O–H groups in total. The monoisotopic (exact) mass is 295 g/mol. The van der Waals surface area contributed by atoms with Crippen LogP contribution < -0.4 is 5.32 Å². The molecule has 1 spiro atoms. The Hall–Kier alpha value is -1.31. The van der Waals surface area contributed by atoms with Crippen molar-refractivity contribution in [3.8, 4) is 0 Å². The van der Waals surface area contributed by atoms with E-state index in [2.05, 4.69) is 19.2 Å². The Kier molecular flexibility index (Phi) is 2.26. The van der Waals surface area contributed by atoms with E-state index in [1.807, 2.05) is 24.3 Å². The lowest BCUT2D eigenvalue weighted by atomic mass is 9.50. The third-order valence-electron chi connectivity index (χ3n) is 7.55. The van der Waals surface area contributed by atoms with Gasteiger partial charge in [-0.3, -0.25) is 4.79 Å². The zero-order chi connectivity index (χ0) is 15.2. The molecule has 0 heterocycles. The van der Waals surface area contributed by atoms with Gasteiger partial charge in [-0.15, -0.1) is 0 Å². The van der Waals surface area contributed by atoms with Gasteiger partial charge in [0.25, 0.3) is 5.91 Å². The van der Waals surface area contributed by atoms with Crippen LogP contribution in [0.25, 0.3) is 0 Å². The van der Waals surface area contributed by atoms with E-state index in [4.69, 9.17) is 0 Å². The highest BCUT2D eigenvalue weighted by Gasteiger charge is 2.77. The van der Waals surface area contributed by atoms with Crippen molar-refractivity contribution in [3.63, 3.8) is 0 Å². The van der Waals surface area contributed by atoms with E-state index >= 15 is 0 Å². The Morgan fingerprint density at radius 2 is 1.86 bits per heavy atom. The number of carbonyl (C=O) groups excluding carboxylic acids is 1. The van der Waals surface area contributed by atoms with Crippen LogP contribution in [0.1, 0.15) is 61.4 Å². The van der Waals surface area contributed by atoms with Crippen LogP contribution in [0.15, 0.2) is 24.3 Å². The molecule has 0 aromatic heterocycles. The average molecular weight is 295 g/mol. The zero-order valence-electron chi connectivity index (χ0n) is 13.6. The maximum Gasteiger partial charge on any atom is 0.251 e. The van der Waals surface area contributed by atoms with E-state index in [9.17, 15) is 4.79 Å². The Morgan fingerprint density at radius 3 is 2.64 bits per heavy atom. The van der Waals surface area contributed by atoms with E-state index in [-0.39, 0.29) is 11.4 Å². The van der Waals surface area contributed by atoms with Crippen LogP contribution in [0.5, 0.6) is 0 Å². The van der Waals surface area contributed by atoms with Crippen LogP contribution in [0.2, 0.25) is 0 Å². The van der Waals surface area contributed by atoms with E-state index in [0.717, 1.165) is 17.4 Å². The van der Waals surface area contributed by atoms with Gasteiger partial charge in [-0.25, -0.2) is 0 Å². The highest BCUT2D eigenvalue weighted by molar-refractivity contribution is 5.95. The first kappa shape index (κ1) is 13.2. The minimum atomic E-state index is 0.124. The normalized spacial score (nSPS) is 47.2. The molecule has 1 aromatic rings. The van der Waals surface area contributed by atoms with Crippen molar-refractivity contribution in [3.05, 3.63) is 35.4 Å². The Morgan fingerprint density at radius 1 is 1.09 bits per heavy atom. The van der Waals surface area contributed by atoms with Crippen molar-refractivity contribution in [2.75, 3.05) is 0 Å². The highest BCUT2D eigenvalue weighted by atomic mass is 16.1. The standard InChI is InChI=1S/C20H25NO/c1-13-3-5-15(6-4-13)17(22)21-20-9-14-7-18(2)10-16(11-20)19(20,8-14)12-18/h3-6,14,16H,7-12H2,1-2H3,(H,21,22). The number of aryl methyl sites for hydroxylation is 1. The van der Waals surface area contributed by atoms with Crippen LogP contribution in [-0.2, 0) is 0 Å². The summed E-state index contributed by atoms with van der Waals surface area (Å²) in [5.74, 6) is 1.88. The lowest BCUT2D eigenvalue weighted by Crippen LogP contribution is -2.67. The Labute approximate surface area is 132 Å². The van der Waals surface area contributed by atoms with Crippen molar-refractivity contribution in [1.29, 1.82) is 0 Å². The van der Waals surface area contributed by atoms with Crippen LogP contribution >= 0.6 is 0 Å². The summed E-state index contributed by atoms with van der Waals surface area (Å²) < 4.78 is 0. The number of carbonyl (C=O) groups is 1. The van der Waals surface area contributed by atoms with Gasteiger partial charge in [-0.05, 0) is 80.2 Å². The molecule has 5 atom stereocenters. The van der Waals surface area contributed by atoms with Crippen molar-refractivity contribution < 1.29 is 4.79 Å². The first-order chi connectivity index (χ1) is 10.4. The summed E-state index contributed by atoms with van der Waals surface area (Å²) in [4.78, 5) is 12.8. The van der Waals surface area contributed by atoms with Crippen LogP contribution in [0, 0.1) is 29.6 Å². The molecule has 0 saturated heterocycles. The molecule has 2 heteroatoms. The predicted molar refractivity (Wildman–Crippen MR) is 86.6 cm³/mol. The molecule has 5 rings (SSSR count). The quantitative estimate of drug-likeness (QED) is 0.875. The van der Waals surface area contributed by atoms with Crippen LogP contribution in [0.4, 0.5) is 0 Å². The number of fused-ring (bicyclic) bond motifs is 2. The molecule has 4 aliphatic carbocycles. The molecule has 4 saturated carbocycles. The molecule has 5 unspecified atom stereocenters. The summed E-state index contributed by atoms with van der Waals surface area (Å²) in [5.41, 5.74) is 3.17. The summed E-state index contributed by atoms with van der Waals surface area (Å²) >= 11 is 0. The third-order valence-corrected chi connectivity index (χ3v) is 7.55. The first-order valence-electron chi connectivity index (χ1n) is 8.83. The van der Waals surface area contributed by atoms with Gasteiger partial charge in [-0.2, -0.15) is 0 Å². The zero-order valence-corrected chi connectivity index (χ0v) is 13.6. The molecule has 116 valence electrons. The molecule has 1 aromatic carbocycles. The molecule has 2 nitrogen and oxygen atoms in total. The predicted octanol–water partition coefficient (Wildman–Crippen LogP) is 4.08. The van der Waals surface area contributed by atoms with Crippen molar-refractivity contribution >= 4 is 5.91 Å². The van der Waals surface area contributed by atoms with Crippen molar-refractivity contribution in [1.82, 2.24) is 5.32 Å². The number of hydrogen-bond acceptors (Lipinski definition) is 1. The fourth-order valence-electron chi connectivity index (χ4n) is 7.11. The Bertz CT molecular complexity index is 661. The summed E-state index contributed by atoms with van der Waals surface area (Å²) in [6, 6.07) is 8.01. The van der Waals surface area contributed by atoms with Gasteiger partial charge in [0, 0.05) is 11.1 Å².